The minimum atomic E-state index is -0.628. The van der Waals surface area contributed by atoms with Gasteiger partial charge in [0.2, 0.25) is 0 Å². The van der Waals surface area contributed by atoms with Gasteiger partial charge in [-0.1, -0.05) is 37.3 Å². The van der Waals surface area contributed by atoms with Crippen molar-refractivity contribution in [1.29, 1.82) is 0 Å². The highest BCUT2D eigenvalue weighted by Gasteiger charge is 2.21. The summed E-state index contributed by atoms with van der Waals surface area (Å²) in [5.41, 5.74) is 6.51. The largest absolute Gasteiger partial charge is 0.467 e. The molecule has 1 rings (SSSR count). The number of benzene rings is 1. The zero-order valence-corrected chi connectivity index (χ0v) is 10.7. The Morgan fingerprint density at radius 3 is 2.67 bits per heavy atom. The van der Waals surface area contributed by atoms with Gasteiger partial charge in [-0.2, -0.15) is 0 Å². The number of carbonyl (C=O) groups excluding carboxylic acids is 1. The van der Waals surface area contributed by atoms with E-state index in [2.05, 4.69) is 10.3 Å². The number of carbonyl (C=O) groups is 1. The molecule has 3 N–H and O–H groups in total. The van der Waals surface area contributed by atoms with Gasteiger partial charge < -0.3 is 15.8 Å². The van der Waals surface area contributed by atoms with Gasteiger partial charge in [0.1, 0.15) is 0 Å². The summed E-state index contributed by atoms with van der Waals surface area (Å²) in [5, 5.41) is 2.87. The van der Waals surface area contributed by atoms with Crippen molar-refractivity contribution in [2.24, 2.45) is 10.7 Å². The molecule has 0 saturated carbocycles. The highest BCUT2D eigenvalue weighted by molar-refractivity contribution is 5.86. The van der Waals surface area contributed by atoms with Gasteiger partial charge in [-0.3, -0.25) is 4.99 Å². The van der Waals surface area contributed by atoms with Crippen LogP contribution in [-0.4, -0.2) is 25.6 Å². The van der Waals surface area contributed by atoms with Crippen molar-refractivity contribution >= 4 is 11.9 Å². The summed E-state index contributed by atoms with van der Waals surface area (Å²) in [6.07, 6.45) is 0.899. The first kappa shape index (κ1) is 14.0. The van der Waals surface area contributed by atoms with Crippen LogP contribution in [-0.2, 0) is 9.53 Å². The molecular formula is C13H19N3O2. The minimum Gasteiger partial charge on any atom is -0.467 e. The van der Waals surface area contributed by atoms with E-state index in [1.54, 1.807) is 0 Å². The summed E-state index contributed by atoms with van der Waals surface area (Å²) >= 11 is 0. The van der Waals surface area contributed by atoms with E-state index in [4.69, 9.17) is 10.5 Å². The van der Waals surface area contributed by atoms with E-state index in [0.29, 0.717) is 6.54 Å². The molecule has 0 fully saturated rings. The lowest BCUT2D eigenvalue weighted by Gasteiger charge is -2.17. The lowest BCUT2D eigenvalue weighted by Crippen LogP contribution is -2.39. The van der Waals surface area contributed by atoms with Crippen LogP contribution < -0.4 is 11.1 Å². The van der Waals surface area contributed by atoms with Gasteiger partial charge in [0, 0.05) is 6.54 Å². The Labute approximate surface area is 107 Å². The Balaban J connectivity index is 2.84. The molecule has 0 amide bonds. The number of aliphatic imine (C=N–C) groups is 1. The van der Waals surface area contributed by atoms with Crippen molar-refractivity contribution in [2.75, 3.05) is 13.7 Å². The average Bonchev–Trinajstić information content (AvgIpc) is 2.42. The van der Waals surface area contributed by atoms with Crippen LogP contribution in [0.4, 0.5) is 0 Å². The van der Waals surface area contributed by atoms with Crippen LogP contribution in [0.25, 0.3) is 0 Å². The maximum Gasteiger partial charge on any atom is 0.333 e. The second-order valence-corrected chi connectivity index (χ2v) is 3.78. The first-order valence-corrected chi connectivity index (χ1v) is 5.88. The van der Waals surface area contributed by atoms with Crippen LogP contribution in [0.15, 0.2) is 35.3 Å². The summed E-state index contributed by atoms with van der Waals surface area (Å²) in [7, 11) is 1.35. The third kappa shape index (κ3) is 4.08. The smallest absolute Gasteiger partial charge is 0.333 e. The molecule has 1 atom stereocenters. The number of hydrogen-bond donors (Lipinski definition) is 2. The van der Waals surface area contributed by atoms with E-state index in [1.807, 2.05) is 37.3 Å². The quantitative estimate of drug-likeness (QED) is 0.467. The number of methoxy groups -OCH3 is 1. The Morgan fingerprint density at radius 2 is 2.11 bits per heavy atom. The molecule has 1 aromatic carbocycles. The zero-order chi connectivity index (χ0) is 13.4. The molecule has 0 aliphatic heterocycles. The van der Waals surface area contributed by atoms with Crippen LogP contribution in [0.1, 0.15) is 24.9 Å². The van der Waals surface area contributed by atoms with E-state index < -0.39 is 12.0 Å². The number of hydrogen-bond acceptors (Lipinski definition) is 3. The van der Waals surface area contributed by atoms with Crippen molar-refractivity contribution in [3.63, 3.8) is 0 Å². The number of esters is 1. The number of nitrogens with zero attached hydrogens (tertiary/aromatic N) is 1. The second kappa shape index (κ2) is 7.32. The number of rotatable bonds is 5. The van der Waals surface area contributed by atoms with Gasteiger partial charge in [0.25, 0.3) is 0 Å². The third-order valence-electron chi connectivity index (χ3n) is 2.37. The van der Waals surface area contributed by atoms with Gasteiger partial charge >= 0.3 is 5.97 Å². The van der Waals surface area contributed by atoms with Gasteiger partial charge in [-0.05, 0) is 12.0 Å². The normalized spacial score (nSPS) is 12.9. The maximum absolute atomic E-state index is 11.7. The fraction of sp³-hybridized carbons (Fsp3) is 0.385. The van der Waals surface area contributed by atoms with Crippen LogP contribution in [0.3, 0.4) is 0 Å². The monoisotopic (exact) mass is 249 g/mol. The molecule has 18 heavy (non-hydrogen) atoms. The topological polar surface area (TPSA) is 76.7 Å². The molecule has 0 heterocycles. The first-order valence-electron chi connectivity index (χ1n) is 5.88. The molecule has 0 aliphatic carbocycles. The maximum atomic E-state index is 11.7. The molecule has 0 spiro atoms. The summed E-state index contributed by atoms with van der Waals surface area (Å²) in [4.78, 5) is 15.8. The highest BCUT2D eigenvalue weighted by atomic mass is 16.5. The van der Waals surface area contributed by atoms with Crippen LogP contribution in [0, 0.1) is 0 Å². The Hall–Kier alpha value is -2.04. The van der Waals surface area contributed by atoms with Gasteiger partial charge in [-0.15, -0.1) is 0 Å². The number of guanidine groups is 1. The molecule has 0 aliphatic rings. The minimum absolute atomic E-state index is 0.246. The average molecular weight is 249 g/mol. The molecule has 0 radical (unpaired) electrons. The van der Waals surface area contributed by atoms with E-state index in [1.165, 1.54) is 7.11 Å². The lowest BCUT2D eigenvalue weighted by molar-refractivity contribution is -0.142. The molecule has 1 aromatic rings. The van der Waals surface area contributed by atoms with E-state index in [0.717, 1.165) is 12.0 Å². The molecule has 0 bridgehead atoms. The molecule has 5 heteroatoms. The predicted octanol–water partition coefficient (Wildman–Crippen LogP) is 1.22. The molecule has 0 saturated heterocycles. The van der Waals surface area contributed by atoms with Crippen molar-refractivity contribution in [2.45, 2.75) is 19.4 Å². The molecular weight excluding hydrogens is 230 g/mol. The third-order valence-corrected chi connectivity index (χ3v) is 2.37. The molecule has 5 nitrogen and oxygen atoms in total. The Morgan fingerprint density at radius 1 is 1.44 bits per heavy atom. The van der Waals surface area contributed by atoms with Gasteiger partial charge in [0.05, 0.1) is 7.11 Å². The lowest BCUT2D eigenvalue weighted by atomic mass is 10.1. The second-order valence-electron chi connectivity index (χ2n) is 3.78. The standard InChI is InChI=1S/C13H19N3O2/c1-3-9-15-13(14)16-11(12(17)18-2)10-7-5-4-6-8-10/h4-8,11H,3,9H2,1-2H3,(H3,14,15,16). The van der Waals surface area contributed by atoms with Crippen molar-refractivity contribution in [1.82, 2.24) is 5.32 Å². The van der Waals surface area contributed by atoms with E-state index >= 15 is 0 Å². The molecule has 1 unspecified atom stereocenters. The number of ether oxygens (including phenoxy) is 1. The van der Waals surface area contributed by atoms with Crippen molar-refractivity contribution in [3.05, 3.63) is 35.9 Å². The Bertz CT molecular complexity index is 404. The summed E-state index contributed by atoms with van der Waals surface area (Å²) in [6, 6.07) is 8.63. The molecule has 98 valence electrons. The van der Waals surface area contributed by atoms with Gasteiger partial charge in [0.15, 0.2) is 12.0 Å². The van der Waals surface area contributed by atoms with Crippen molar-refractivity contribution in [3.8, 4) is 0 Å². The van der Waals surface area contributed by atoms with Crippen LogP contribution in [0.5, 0.6) is 0 Å². The SMILES string of the molecule is CCCN=C(N)NC(C(=O)OC)c1ccccc1. The van der Waals surface area contributed by atoms with Crippen LogP contribution >= 0.6 is 0 Å². The van der Waals surface area contributed by atoms with E-state index in [-0.39, 0.29) is 5.96 Å². The predicted molar refractivity (Wildman–Crippen MR) is 71.1 cm³/mol. The fourth-order valence-electron chi connectivity index (χ4n) is 1.47. The summed E-state index contributed by atoms with van der Waals surface area (Å²) < 4.78 is 4.76. The van der Waals surface area contributed by atoms with Crippen molar-refractivity contribution < 1.29 is 9.53 Å². The fourth-order valence-corrected chi connectivity index (χ4v) is 1.47. The van der Waals surface area contributed by atoms with Crippen LogP contribution in [0.2, 0.25) is 0 Å². The summed E-state index contributed by atoms with van der Waals surface area (Å²) in [6.45, 7) is 2.63. The Kier molecular flexibility index (Phi) is 5.70. The first-order chi connectivity index (χ1) is 8.69. The van der Waals surface area contributed by atoms with Gasteiger partial charge in [-0.25, -0.2) is 4.79 Å². The van der Waals surface area contributed by atoms with E-state index in [9.17, 15) is 4.79 Å². The highest BCUT2D eigenvalue weighted by Crippen LogP contribution is 2.13. The molecule has 0 aromatic heterocycles. The summed E-state index contributed by atoms with van der Waals surface area (Å²) in [5.74, 6) is -0.146. The zero-order valence-electron chi connectivity index (χ0n) is 10.7. The number of nitrogens with one attached hydrogen (secondary N) is 1. The number of nitrogens with two attached hydrogens (primary N) is 1.